The molecule has 0 atom stereocenters. The maximum Gasteiger partial charge on any atom is 0.222 e. The highest BCUT2D eigenvalue weighted by atomic mass is 19.1. The van der Waals surface area contributed by atoms with E-state index < -0.39 is 5.82 Å². The van der Waals surface area contributed by atoms with Gasteiger partial charge in [-0.2, -0.15) is 5.10 Å². The number of benzene rings is 1. The molecule has 0 saturated heterocycles. The maximum atomic E-state index is 13.1. The maximum absolute atomic E-state index is 13.1. The molecule has 100 valence electrons. The number of aromatic amines is 1. The van der Waals surface area contributed by atoms with E-state index in [1.807, 2.05) is 0 Å². The van der Waals surface area contributed by atoms with Gasteiger partial charge in [-0.1, -0.05) is 0 Å². The summed E-state index contributed by atoms with van der Waals surface area (Å²) in [7, 11) is 0. The van der Waals surface area contributed by atoms with Crippen molar-refractivity contribution in [2.45, 2.75) is 0 Å². The molecule has 0 fully saturated rings. The number of anilines is 1. The minimum Gasteiger partial charge on any atom is -0.439 e. The molecule has 0 spiro atoms. The fourth-order valence-electron chi connectivity index (χ4n) is 1.65. The molecular weight excluding hydrogens is 261 g/mol. The molecule has 0 aliphatic carbocycles. The summed E-state index contributed by atoms with van der Waals surface area (Å²) >= 11 is 0. The van der Waals surface area contributed by atoms with Crippen molar-refractivity contribution in [2.75, 3.05) is 5.73 Å². The number of nitrogens with one attached hydrogen (secondary N) is 1. The molecule has 0 aliphatic rings. The van der Waals surface area contributed by atoms with Gasteiger partial charge in [0.05, 0.1) is 17.6 Å². The fraction of sp³-hybridized carbons (Fsp3) is 0. The van der Waals surface area contributed by atoms with Gasteiger partial charge in [-0.05, 0) is 12.1 Å². The summed E-state index contributed by atoms with van der Waals surface area (Å²) in [5, 5.41) is 6.55. The van der Waals surface area contributed by atoms with Gasteiger partial charge in [-0.25, -0.2) is 14.4 Å². The van der Waals surface area contributed by atoms with Crippen LogP contribution in [0.25, 0.3) is 11.3 Å². The highest BCUT2D eigenvalue weighted by Gasteiger charge is 2.06. The van der Waals surface area contributed by atoms with Crippen molar-refractivity contribution in [3.05, 3.63) is 48.8 Å². The fourth-order valence-corrected chi connectivity index (χ4v) is 1.65. The van der Waals surface area contributed by atoms with Gasteiger partial charge < -0.3 is 10.5 Å². The molecule has 1 aromatic carbocycles. The molecular formula is C13H10FN5O. The number of nitrogens with zero attached hydrogens (tertiary/aromatic N) is 3. The van der Waals surface area contributed by atoms with E-state index in [9.17, 15) is 4.39 Å². The first-order chi connectivity index (χ1) is 9.72. The van der Waals surface area contributed by atoms with Crippen LogP contribution in [0.4, 0.5) is 10.1 Å². The smallest absolute Gasteiger partial charge is 0.222 e. The predicted molar refractivity (Wildman–Crippen MR) is 70.5 cm³/mol. The quantitative estimate of drug-likeness (QED) is 0.714. The lowest BCUT2D eigenvalue weighted by atomic mass is 10.2. The summed E-state index contributed by atoms with van der Waals surface area (Å²) in [5.74, 6) is 0.252. The van der Waals surface area contributed by atoms with Gasteiger partial charge in [-0.3, -0.25) is 5.10 Å². The third-order valence-corrected chi connectivity index (χ3v) is 2.63. The summed E-state index contributed by atoms with van der Waals surface area (Å²) in [4.78, 5) is 8.12. The summed E-state index contributed by atoms with van der Waals surface area (Å²) in [5.41, 5.74) is 6.98. The molecule has 6 nitrogen and oxygen atoms in total. The van der Waals surface area contributed by atoms with Crippen LogP contribution in [0.15, 0.2) is 43.0 Å². The first-order valence-corrected chi connectivity index (χ1v) is 5.76. The third kappa shape index (κ3) is 2.41. The second kappa shape index (κ2) is 4.96. The van der Waals surface area contributed by atoms with E-state index in [0.717, 1.165) is 5.56 Å². The lowest BCUT2D eigenvalue weighted by molar-refractivity contribution is 0.460. The molecule has 20 heavy (non-hydrogen) atoms. The SMILES string of the molecule is Nc1cc(Oc2cc(-c3cn[nH]c3)ncn2)ccc1F. The van der Waals surface area contributed by atoms with Crippen molar-refractivity contribution in [1.29, 1.82) is 0 Å². The highest BCUT2D eigenvalue weighted by molar-refractivity contribution is 5.57. The van der Waals surface area contributed by atoms with Crippen LogP contribution in [0.2, 0.25) is 0 Å². The Balaban J connectivity index is 1.87. The summed E-state index contributed by atoms with van der Waals surface area (Å²) in [6.45, 7) is 0. The van der Waals surface area contributed by atoms with Gasteiger partial charge in [0.25, 0.3) is 0 Å². The predicted octanol–water partition coefficient (Wildman–Crippen LogP) is 2.38. The topological polar surface area (TPSA) is 89.7 Å². The van der Waals surface area contributed by atoms with Gasteiger partial charge in [-0.15, -0.1) is 0 Å². The zero-order valence-electron chi connectivity index (χ0n) is 10.2. The van der Waals surface area contributed by atoms with Crippen LogP contribution in [0.1, 0.15) is 0 Å². The summed E-state index contributed by atoms with van der Waals surface area (Å²) in [6, 6.07) is 5.77. The number of ether oxygens (including phenoxy) is 1. The Hall–Kier alpha value is -2.96. The molecule has 7 heteroatoms. The number of rotatable bonds is 3. The minimum atomic E-state index is -0.487. The van der Waals surface area contributed by atoms with Crippen LogP contribution in [0.3, 0.4) is 0 Å². The standard InChI is InChI=1S/C13H10FN5O/c14-10-2-1-9(3-11(10)15)20-13-4-12(16-7-17-13)8-5-18-19-6-8/h1-7H,15H2,(H,18,19). The second-order valence-corrected chi connectivity index (χ2v) is 4.01. The summed E-state index contributed by atoms with van der Waals surface area (Å²) in [6.07, 6.45) is 4.73. The number of aromatic nitrogens is 4. The van der Waals surface area contributed by atoms with E-state index in [4.69, 9.17) is 10.5 Å². The van der Waals surface area contributed by atoms with Gasteiger partial charge in [0.15, 0.2) is 0 Å². The third-order valence-electron chi connectivity index (χ3n) is 2.63. The summed E-state index contributed by atoms with van der Waals surface area (Å²) < 4.78 is 18.6. The van der Waals surface area contributed by atoms with Crippen LogP contribution < -0.4 is 10.5 Å². The zero-order valence-corrected chi connectivity index (χ0v) is 10.2. The van der Waals surface area contributed by atoms with Crippen molar-refractivity contribution in [3.8, 4) is 22.9 Å². The normalized spacial score (nSPS) is 10.4. The molecule has 0 unspecified atom stereocenters. The number of hydrogen-bond donors (Lipinski definition) is 2. The molecule has 0 bridgehead atoms. The van der Waals surface area contributed by atoms with E-state index in [2.05, 4.69) is 20.2 Å². The van der Waals surface area contributed by atoms with Crippen LogP contribution in [0, 0.1) is 5.82 Å². The van der Waals surface area contributed by atoms with E-state index in [-0.39, 0.29) is 5.69 Å². The first-order valence-electron chi connectivity index (χ1n) is 5.76. The van der Waals surface area contributed by atoms with Crippen molar-refractivity contribution in [1.82, 2.24) is 20.2 Å². The van der Waals surface area contributed by atoms with E-state index >= 15 is 0 Å². The van der Waals surface area contributed by atoms with Crippen LogP contribution in [-0.4, -0.2) is 20.2 Å². The minimum absolute atomic E-state index is 0.0200. The van der Waals surface area contributed by atoms with Crippen LogP contribution >= 0.6 is 0 Å². The monoisotopic (exact) mass is 271 g/mol. The Kier molecular flexibility index (Phi) is 3.00. The first kappa shape index (κ1) is 12.1. The van der Waals surface area contributed by atoms with Crippen LogP contribution in [0.5, 0.6) is 11.6 Å². The van der Waals surface area contributed by atoms with Gasteiger partial charge in [0.2, 0.25) is 5.88 Å². The lowest BCUT2D eigenvalue weighted by Gasteiger charge is -2.06. The molecule has 2 heterocycles. The Morgan fingerprint density at radius 2 is 2.10 bits per heavy atom. The molecule has 2 aromatic heterocycles. The molecule has 0 amide bonds. The molecule has 0 radical (unpaired) electrons. The molecule has 3 rings (SSSR count). The molecule has 3 N–H and O–H groups in total. The van der Waals surface area contributed by atoms with E-state index in [1.165, 1.54) is 24.5 Å². The average molecular weight is 271 g/mol. The Morgan fingerprint density at radius 3 is 2.85 bits per heavy atom. The van der Waals surface area contributed by atoms with Gasteiger partial charge in [0.1, 0.15) is 17.9 Å². The largest absolute Gasteiger partial charge is 0.439 e. The van der Waals surface area contributed by atoms with E-state index in [1.54, 1.807) is 18.5 Å². The Labute approximate surface area is 113 Å². The number of nitrogen functional groups attached to an aromatic ring is 1. The number of nitrogens with two attached hydrogens (primary N) is 1. The van der Waals surface area contributed by atoms with E-state index in [0.29, 0.717) is 17.3 Å². The Morgan fingerprint density at radius 1 is 1.20 bits per heavy atom. The second-order valence-electron chi connectivity index (χ2n) is 4.01. The average Bonchev–Trinajstić information content (AvgIpc) is 2.97. The van der Waals surface area contributed by atoms with Crippen molar-refractivity contribution in [2.24, 2.45) is 0 Å². The highest BCUT2D eigenvalue weighted by Crippen LogP contribution is 2.25. The molecule has 0 saturated carbocycles. The molecule has 3 aromatic rings. The Bertz CT molecular complexity index is 729. The van der Waals surface area contributed by atoms with Gasteiger partial charge >= 0.3 is 0 Å². The number of hydrogen-bond acceptors (Lipinski definition) is 5. The van der Waals surface area contributed by atoms with Crippen molar-refractivity contribution >= 4 is 5.69 Å². The zero-order chi connectivity index (χ0) is 13.9. The van der Waals surface area contributed by atoms with Crippen LogP contribution in [-0.2, 0) is 0 Å². The lowest BCUT2D eigenvalue weighted by Crippen LogP contribution is -1.94. The number of halogens is 1. The van der Waals surface area contributed by atoms with Crippen molar-refractivity contribution in [3.63, 3.8) is 0 Å². The van der Waals surface area contributed by atoms with Gasteiger partial charge in [0, 0.05) is 23.9 Å². The molecule has 0 aliphatic heterocycles. The van der Waals surface area contributed by atoms with Crippen molar-refractivity contribution < 1.29 is 9.13 Å². The number of H-pyrrole nitrogens is 1.